The van der Waals surface area contributed by atoms with Gasteiger partial charge in [-0.1, -0.05) is 25.2 Å². The second-order valence-electron chi connectivity index (χ2n) is 6.02. The zero-order valence-electron chi connectivity index (χ0n) is 15.0. The van der Waals surface area contributed by atoms with Crippen LogP contribution in [0.1, 0.15) is 53.2 Å². The lowest BCUT2D eigenvalue weighted by molar-refractivity contribution is -0.122. The van der Waals surface area contributed by atoms with Crippen LogP contribution in [0.25, 0.3) is 0 Å². The Morgan fingerprint density at radius 1 is 1.50 bits per heavy atom. The van der Waals surface area contributed by atoms with Crippen LogP contribution in [0.3, 0.4) is 0 Å². The molecule has 8 heteroatoms. The number of nitrogens with zero attached hydrogens (tertiary/aromatic N) is 3. The first-order valence-electron chi connectivity index (χ1n) is 7.97. The summed E-state index contributed by atoms with van der Waals surface area (Å²) in [5.74, 6) is 0. The molecule has 0 aliphatic carbocycles. The van der Waals surface area contributed by atoms with Gasteiger partial charge in [-0.15, -0.1) is 0 Å². The summed E-state index contributed by atoms with van der Waals surface area (Å²) in [5.41, 5.74) is 0.625. The first kappa shape index (κ1) is 22.8. The zero-order valence-corrected chi connectivity index (χ0v) is 17.4. The Kier molecular flexibility index (Phi) is 10.8. The molecule has 1 atom stereocenters. The molecule has 0 amide bonds. The van der Waals surface area contributed by atoms with Crippen LogP contribution < -0.4 is 10.2 Å². The molecular formula is C16H27BrN4O2S. The molecule has 1 saturated heterocycles. The third kappa shape index (κ3) is 8.08. The highest BCUT2D eigenvalue weighted by Gasteiger charge is 2.25. The van der Waals surface area contributed by atoms with E-state index in [-0.39, 0.29) is 12.0 Å². The second kappa shape index (κ2) is 11.4. The molecule has 2 rings (SSSR count). The molecule has 0 aromatic carbocycles. The van der Waals surface area contributed by atoms with Crippen molar-refractivity contribution in [2.75, 3.05) is 18.0 Å². The van der Waals surface area contributed by atoms with E-state index in [1.54, 1.807) is 11.3 Å². The predicted molar refractivity (Wildman–Crippen MR) is 103 cm³/mol. The van der Waals surface area contributed by atoms with Crippen molar-refractivity contribution in [2.24, 2.45) is 0 Å². The number of rotatable bonds is 2. The number of carboxylic acid groups (broad SMARTS) is 1. The van der Waals surface area contributed by atoms with Crippen molar-refractivity contribution in [2.45, 2.75) is 59.0 Å². The minimum atomic E-state index is -0.250. The van der Waals surface area contributed by atoms with Crippen LogP contribution in [-0.2, 0) is 4.79 Å². The van der Waals surface area contributed by atoms with Crippen molar-refractivity contribution < 1.29 is 9.90 Å². The van der Waals surface area contributed by atoms with Crippen molar-refractivity contribution in [3.63, 3.8) is 0 Å². The molecule has 136 valence electrons. The van der Waals surface area contributed by atoms with Crippen LogP contribution in [0.2, 0.25) is 0 Å². The van der Waals surface area contributed by atoms with Gasteiger partial charge in [-0.3, -0.25) is 4.79 Å². The van der Waals surface area contributed by atoms with Crippen molar-refractivity contribution in [1.29, 1.82) is 5.26 Å². The van der Waals surface area contributed by atoms with Gasteiger partial charge in [0.25, 0.3) is 6.47 Å². The van der Waals surface area contributed by atoms with Gasteiger partial charge in [0.05, 0.1) is 0 Å². The number of hydrogen-bond donors (Lipinski definition) is 2. The van der Waals surface area contributed by atoms with Gasteiger partial charge in [-0.25, -0.2) is 4.98 Å². The van der Waals surface area contributed by atoms with E-state index in [0.29, 0.717) is 11.7 Å². The molecule has 1 aliphatic heterocycles. The van der Waals surface area contributed by atoms with E-state index in [2.05, 4.69) is 58.0 Å². The Morgan fingerprint density at radius 2 is 2.08 bits per heavy atom. The summed E-state index contributed by atoms with van der Waals surface area (Å²) in [4.78, 5) is 15.0. The number of anilines is 1. The third-order valence-corrected chi connectivity index (χ3v) is 4.78. The molecule has 2 heterocycles. The first-order chi connectivity index (χ1) is 11.3. The molecule has 1 fully saturated rings. The molecule has 24 heavy (non-hydrogen) atoms. The molecule has 2 N–H and O–H groups in total. The minimum Gasteiger partial charge on any atom is -0.483 e. The van der Waals surface area contributed by atoms with E-state index < -0.39 is 0 Å². The Hall–Kier alpha value is -1.17. The van der Waals surface area contributed by atoms with Crippen LogP contribution >= 0.6 is 27.3 Å². The second-order valence-corrected chi connectivity index (χ2v) is 8.31. The smallest absolute Gasteiger partial charge is 0.290 e. The average molecular weight is 419 g/mol. The van der Waals surface area contributed by atoms with Crippen LogP contribution in [0, 0.1) is 11.3 Å². The zero-order chi connectivity index (χ0) is 18.8. The Labute approximate surface area is 157 Å². The van der Waals surface area contributed by atoms with E-state index >= 15 is 0 Å². The monoisotopic (exact) mass is 418 g/mol. The van der Waals surface area contributed by atoms with Crippen molar-refractivity contribution >= 4 is 38.9 Å². The lowest BCUT2D eigenvalue weighted by Gasteiger charge is -2.36. The van der Waals surface area contributed by atoms with Crippen LogP contribution in [0.4, 0.5) is 5.13 Å². The van der Waals surface area contributed by atoms with E-state index in [4.69, 9.17) is 15.2 Å². The van der Waals surface area contributed by atoms with E-state index in [9.17, 15) is 0 Å². The van der Waals surface area contributed by atoms with Gasteiger partial charge in [0.1, 0.15) is 9.86 Å². The maximum Gasteiger partial charge on any atom is 0.290 e. The summed E-state index contributed by atoms with van der Waals surface area (Å²) in [6.07, 6.45) is 2.36. The van der Waals surface area contributed by atoms with E-state index in [0.717, 1.165) is 28.4 Å². The normalized spacial score (nSPS) is 16.9. The Bertz CT molecular complexity index is 537. The highest BCUT2D eigenvalue weighted by Crippen LogP contribution is 2.32. The molecule has 0 radical (unpaired) electrons. The summed E-state index contributed by atoms with van der Waals surface area (Å²) in [6.45, 7) is 12.3. The molecular weight excluding hydrogens is 392 g/mol. The molecule has 1 aliphatic rings. The van der Waals surface area contributed by atoms with E-state index in [1.165, 1.54) is 6.42 Å². The van der Waals surface area contributed by atoms with Crippen molar-refractivity contribution in [3.05, 3.63) is 9.48 Å². The quantitative estimate of drug-likeness (QED) is 0.708. The number of hydrogen-bond acceptors (Lipinski definition) is 6. The highest BCUT2D eigenvalue weighted by molar-refractivity contribution is 9.11. The fraction of sp³-hybridized carbons (Fsp3) is 0.688. The van der Waals surface area contributed by atoms with Crippen molar-refractivity contribution in [3.8, 4) is 6.07 Å². The SMILES string of the molecule is CC.CC(C)(C)NC1CCCN(c2nc(C#N)c(Br)s2)C1.O=CO. The molecule has 1 unspecified atom stereocenters. The summed E-state index contributed by atoms with van der Waals surface area (Å²) in [6, 6.07) is 2.60. The average Bonchev–Trinajstić information content (AvgIpc) is 2.90. The number of nitrogens with one attached hydrogen (secondary N) is 1. The van der Waals surface area contributed by atoms with Gasteiger partial charge >= 0.3 is 0 Å². The summed E-state index contributed by atoms with van der Waals surface area (Å²) in [5, 5.41) is 20.5. The fourth-order valence-electron chi connectivity index (χ4n) is 2.38. The number of carbonyl (C=O) groups is 1. The molecule has 1 aromatic heterocycles. The summed E-state index contributed by atoms with van der Waals surface area (Å²) >= 11 is 4.95. The van der Waals surface area contributed by atoms with E-state index in [1.807, 2.05) is 13.8 Å². The summed E-state index contributed by atoms with van der Waals surface area (Å²) < 4.78 is 0.830. The number of piperidine rings is 1. The van der Waals surface area contributed by atoms with Crippen LogP contribution in [-0.4, -0.2) is 41.2 Å². The third-order valence-electron chi connectivity index (χ3n) is 3.01. The minimum absolute atomic E-state index is 0.134. The Balaban J connectivity index is 0.000000952. The summed E-state index contributed by atoms with van der Waals surface area (Å²) in [7, 11) is 0. The predicted octanol–water partition coefficient (Wildman–Crippen LogP) is 3.86. The molecule has 6 nitrogen and oxygen atoms in total. The van der Waals surface area contributed by atoms with Crippen molar-refractivity contribution in [1.82, 2.24) is 10.3 Å². The molecule has 0 spiro atoms. The van der Waals surface area contributed by atoms with Crippen LogP contribution in [0.5, 0.6) is 0 Å². The first-order valence-corrected chi connectivity index (χ1v) is 9.58. The molecule has 0 bridgehead atoms. The number of aromatic nitrogens is 1. The van der Waals surface area contributed by atoms with Gasteiger partial charge in [0.15, 0.2) is 10.8 Å². The van der Waals surface area contributed by atoms with Gasteiger partial charge in [-0.2, -0.15) is 5.26 Å². The molecule has 0 saturated carbocycles. The maximum atomic E-state index is 8.97. The van der Waals surface area contributed by atoms with Gasteiger partial charge in [-0.05, 0) is 49.5 Å². The lowest BCUT2D eigenvalue weighted by Crippen LogP contribution is -2.52. The topological polar surface area (TPSA) is 89.3 Å². The van der Waals surface area contributed by atoms with Gasteiger partial charge in [0.2, 0.25) is 0 Å². The Morgan fingerprint density at radius 3 is 2.54 bits per heavy atom. The number of thiazole rings is 1. The largest absolute Gasteiger partial charge is 0.483 e. The maximum absolute atomic E-state index is 8.97. The number of nitriles is 1. The van der Waals surface area contributed by atoms with Crippen LogP contribution in [0.15, 0.2) is 3.79 Å². The van der Waals surface area contributed by atoms with Gasteiger partial charge < -0.3 is 15.3 Å². The van der Waals surface area contributed by atoms with Gasteiger partial charge in [0, 0.05) is 24.7 Å². The fourth-order valence-corrected chi connectivity index (χ4v) is 3.77. The lowest BCUT2D eigenvalue weighted by atomic mass is 10.0. The molecule has 1 aromatic rings. The number of halogens is 1. The highest BCUT2D eigenvalue weighted by atomic mass is 79.9. The standard InChI is InChI=1S/C13H19BrN4S.C2H6.CH2O2/c1-13(2,3)17-9-5-4-6-18(8-9)12-16-10(7-15)11(14)19-12;1-2;2-1-3/h9,17H,4-6,8H2,1-3H3;1-2H3;1H,(H,2,3).